The lowest BCUT2D eigenvalue weighted by molar-refractivity contribution is 0.0253. The minimum Gasteiger partial charge on any atom is -0.379 e. The average Bonchev–Trinajstić information content (AvgIpc) is 2.07. The molecule has 1 nitrogen and oxygen atoms in total. The SMILES string of the molecule is CCO[C@H]1CC[C@@H](CC)CC1. The van der Waals surface area contributed by atoms with Gasteiger partial charge in [-0.2, -0.15) is 0 Å². The Morgan fingerprint density at radius 1 is 1.09 bits per heavy atom. The van der Waals surface area contributed by atoms with Gasteiger partial charge >= 0.3 is 0 Å². The standard InChI is InChI=1S/C10H20O/c1-3-9-5-7-10(8-6-9)11-4-2/h9-10H,3-8H2,1-2H3/t9-,10+. The largest absolute Gasteiger partial charge is 0.379 e. The van der Waals surface area contributed by atoms with Crippen LogP contribution in [-0.2, 0) is 4.74 Å². The molecule has 0 N–H and O–H groups in total. The predicted molar refractivity (Wildman–Crippen MR) is 47.7 cm³/mol. The van der Waals surface area contributed by atoms with E-state index in [0.717, 1.165) is 12.5 Å². The first-order chi connectivity index (χ1) is 5.36. The van der Waals surface area contributed by atoms with Gasteiger partial charge in [0, 0.05) is 6.61 Å². The minimum atomic E-state index is 0.586. The normalized spacial score (nSPS) is 32.2. The Balaban J connectivity index is 2.14. The summed E-state index contributed by atoms with van der Waals surface area (Å²) in [6.45, 7) is 5.28. The summed E-state index contributed by atoms with van der Waals surface area (Å²) in [5.74, 6) is 0.992. The molecule has 1 aliphatic carbocycles. The third-order valence-electron chi connectivity index (χ3n) is 2.77. The fourth-order valence-electron chi connectivity index (χ4n) is 1.94. The van der Waals surface area contributed by atoms with E-state index in [0.29, 0.717) is 6.10 Å². The van der Waals surface area contributed by atoms with E-state index in [4.69, 9.17) is 4.74 Å². The lowest BCUT2D eigenvalue weighted by atomic mass is 9.86. The molecule has 66 valence electrons. The monoisotopic (exact) mass is 156 g/mol. The summed E-state index contributed by atoms with van der Waals surface area (Å²) < 4.78 is 5.58. The van der Waals surface area contributed by atoms with Crippen molar-refractivity contribution >= 4 is 0 Å². The molecule has 1 fully saturated rings. The molecule has 0 aromatic rings. The first-order valence-electron chi connectivity index (χ1n) is 4.98. The average molecular weight is 156 g/mol. The lowest BCUT2D eigenvalue weighted by Gasteiger charge is -2.27. The van der Waals surface area contributed by atoms with Crippen LogP contribution in [0.15, 0.2) is 0 Å². The van der Waals surface area contributed by atoms with Crippen LogP contribution in [0.4, 0.5) is 0 Å². The Morgan fingerprint density at radius 2 is 1.73 bits per heavy atom. The second kappa shape index (κ2) is 4.76. The smallest absolute Gasteiger partial charge is 0.0575 e. The van der Waals surface area contributed by atoms with Gasteiger partial charge in [-0.15, -0.1) is 0 Å². The molecule has 1 aliphatic rings. The van der Waals surface area contributed by atoms with Crippen LogP contribution >= 0.6 is 0 Å². The molecule has 0 bridgehead atoms. The Morgan fingerprint density at radius 3 is 2.18 bits per heavy atom. The zero-order valence-electron chi connectivity index (χ0n) is 7.81. The van der Waals surface area contributed by atoms with Crippen LogP contribution in [0.25, 0.3) is 0 Å². The van der Waals surface area contributed by atoms with Crippen LogP contribution in [0, 0.1) is 5.92 Å². The first kappa shape index (κ1) is 9.05. The summed E-state index contributed by atoms with van der Waals surface area (Å²) in [4.78, 5) is 0. The van der Waals surface area contributed by atoms with Gasteiger partial charge in [-0.3, -0.25) is 0 Å². The van der Waals surface area contributed by atoms with E-state index in [9.17, 15) is 0 Å². The van der Waals surface area contributed by atoms with Crippen LogP contribution in [0.3, 0.4) is 0 Å². The van der Waals surface area contributed by atoms with E-state index in [1.807, 2.05) is 0 Å². The number of hydrogen-bond acceptors (Lipinski definition) is 1. The highest BCUT2D eigenvalue weighted by molar-refractivity contribution is 4.71. The molecule has 0 saturated heterocycles. The van der Waals surface area contributed by atoms with Crippen LogP contribution < -0.4 is 0 Å². The van der Waals surface area contributed by atoms with Crippen LogP contribution in [0.1, 0.15) is 46.0 Å². The highest BCUT2D eigenvalue weighted by Crippen LogP contribution is 2.27. The second-order valence-electron chi connectivity index (χ2n) is 3.51. The lowest BCUT2D eigenvalue weighted by Crippen LogP contribution is -2.21. The topological polar surface area (TPSA) is 9.23 Å². The van der Waals surface area contributed by atoms with Crippen molar-refractivity contribution in [3.63, 3.8) is 0 Å². The van der Waals surface area contributed by atoms with E-state index >= 15 is 0 Å². The summed E-state index contributed by atoms with van der Waals surface area (Å²) in [6.07, 6.45) is 7.32. The zero-order chi connectivity index (χ0) is 8.10. The van der Waals surface area contributed by atoms with Crippen molar-refractivity contribution in [1.82, 2.24) is 0 Å². The van der Waals surface area contributed by atoms with Crippen molar-refractivity contribution in [2.24, 2.45) is 5.92 Å². The van der Waals surface area contributed by atoms with Crippen LogP contribution in [-0.4, -0.2) is 12.7 Å². The van der Waals surface area contributed by atoms with Gasteiger partial charge in [0.05, 0.1) is 6.10 Å². The fraction of sp³-hybridized carbons (Fsp3) is 1.00. The molecule has 1 rings (SSSR count). The Labute approximate surface area is 70.1 Å². The molecule has 0 radical (unpaired) electrons. The number of rotatable bonds is 3. The maximum atomic E-state index is 5.58. The van der Waals surface area contributed by atoms with E-state index < -0.39 is 0 Å². The third kappa shape index (κ3) is 2.82. The van der Waals surface area contributed by atoms with Gasteiger partial charge in [0.15, 0.2) is 0 Å². The van der Waals surface area contributed by atoms with Gasteiger partial charge in [0.25, 0.3) is 0 Å². The number of ether oxygens (including phenoxy) is 1. The molecule has 0 spiro atoms. The van der Waals surface area contributed by atoms with Crippen molar-refractivity contribution in [1.29, 1.82) is 0 Å². The quantitative estimate of drug-likeness (QED) is 0.610. The van der Waals surface area contributed by atoms with E-state index in [-0.39, 0.29) is 0 Å². The molecule has 1 heteroatoms. The van der Waals surface area contributed by atoms with E-state index in [1.54, 1.807) is 0 Å². The van der Waals surface area contributed by atoms with Gasteiger partial charge < -0.3 is 4.74 Å². The number of hydrogen-bond donors (Lipinski definition) is 0. The van der Waals surface area contributed by atoms with Crippen molar-refractivity contribution in [3.05, 3.63) is 0 Å². The summed E-state index contributed by atoms with van der Waals surface area (Å²) in [5.41, 5.74) is 0. The molecular formula is C10H20O. The van der Waals surface area contributed by atoms with Crippen LogP contribution in [0.5, 0.6) is 0 Å². The van der Waals surface area contributed by atoms with Gasteiger partial charge in [0.1, 0.15) is 0 Å². The highest BCUT2D eigenvalue weighted by atomic mass is 16.5. The molecule has 0 unspecified atom stereocenters. The molecule has 0 amide bonds. The molecular weight excluding hydrogens is 136 g/mol. The van der Waals surface area contributed by atoms with Crippen LogP contribution in [0.2, 0.25) is 0 Å². The third-order valence-corrected chi connectivity index (χ3v) is 2.77. The van der Waals surface area contributed by atoms with E-state index in [1.165, 1.54) is 32.1 Å². The Hall–Kier alpha value is -0.0400. The minimum absolute atomic E-state index is 0.586. The summed E-state index contributed by atoms with van der Waals surface area (Å²) in [6, 6.07) is 0. The van der Waals surface area contributed by atoms with Gasteiger partial charge in [-0.1, -0.05) is 13.3 Å². The summed E-state index contributed by atoms with van der Waals surface area (Å²) in [7, 11) is 0. The van der Waals surface area contributed by atoms with Gasteiger partial charge in [-0.25, -0.2) is 0 Å². The highest BCUT2D eigenvalue weighted by Gasteiger charge is 2.19. The molecule has 1 saturated carbocycles. The second-order valence-corrected chi connectivity index (χ2v) is 3.51. The summed E-state index contributed by atoms with van der Waals surface area (Å²) >= 11 is 0. The van der Waals surface area contributed by atoms with Crippen molar-refractivity contribution in [2.45, 2.75) is 52.1 Å². The molecule has 0 aliphatic heterocycles. The van der Waals surface area contributed by atoms with Gasteiger partial charge in [0.2, 0.25) is 0 Å². The maximum Gasteiger partial charge on any atom is 0.0575 e. The van der Waals surface area contributed by atoms with E-state index in [2.05, 4.69) is 13.8 Å². The molecule has 0 aromatic carbocycles. The molecule has 0 atom stereocenters. The van der Waals surface area contributed by atoms with Gasteiger partial charge in [-0.05, 0) is 38.5 Å². The van der Waals surface area contributed by atoms with Crippen molar-refractivity contribution < 1.29 is 4.74 Å². The van der Waals surface area contributed by atoms with Crippen molar-refractivity contribution in [3.8, 4) is 0 Å². The first-order valence-corrected chi connectivity index (χ1v) is 4.98. The molecule has 0 aromatic heterocycles. The Kier molecular flexibility index (Phi) is 3.92. The Bertz CT molecular complexity index is 93.0. The maximum absolute atomic E-state index is 5.58. The predicted octanol–water partition coefficient (Wildman–Crippen LogP) is 2.99. The summed E-state index contributed by atoms with van der Waals surface area (Å²) in [5, 5.41) is 0. The molecule has 0 heterocycles. The van der Waals surface area contributed by atoms with Crippen molar-refractivity contribution in [2.75, 3.05) is 6.61 Å². The fourth-order valence-corrected chi connectivity index (χ4v) is 1.94. The zero-order valence-corrected chi connectivity index (χ0v) is 7.81. The molecule has 11 heavy (non-hydrogen) atoms.